The molecular formula is C9H10F3NO2S. The molecule has 2 N–H and O–H groups in total. The van der Waals surface area contributed by atoms with Crippen LogP contribution < -0.4 is 5.32 Å². The number of carbonyl (C=O) groups is 1. The number of rotatable bonds is 4. The van der Waals surface area contributed by atoms with E-state index in [1.54, 1.807) is 17.5 Å². The number of hydrogen-bond donors (Lipinski definition) is 2. The second-order valence-corrected chi connectivity index (χ2v) is 4.15. The third-order valence-corrected chi connectivity index (χ3v) is 2.66. The monoisotopic (exact) mass is 253 g/mol. The zero-order valence-electron chi connectivity index (χ0n) is 8.12. The van der Waals surface area contributed by atoms with Crippen molar-refractivity contribution >= 4 is 17.2 Å². The van der Waals surface area contributed by atoms with E-state index in [2.05, 4.69) is 0 Å². The molecule has 1 rings (SSSR count). The van der Waals surface area contributed by atoms with Crippen molar-refractivity contribution in [1.29, 1.82) is 0 Å². The fourth-order valence-electron chi connectivity index (χ4n) is 0.960. The third kappa shape index (κ3) is 4.19. The zero-order chi connectivity index (χ0) is 12.2. The highest BCUT2D eigenvalue weighted by Gasteiger charge is 2.38. The summed E-state index contributed by atoms with van der Waals surface area (Å²) in [5.41, 5.74) is 0. The van der Waals surface area contributed by atoms with Gasteiger partial charge < -0.3 is 10.4 Å². The molecule has 1 aromatic rings. The van der Waals surface area contributed by atoms with Crippen LogP contribution in [-0.4, -0.2) is 29.8 Å². The summed E-state index contributed by atoms with van der Waals surface area (Å²) in [5, 5.41) is 12.4. The highest BCUT2D eigenvalue weighted by molar-refractivity contribution is 7.10. The zero-order valence-corrected chi connectivity index (χ0v) is 8.94. The Morgan fingerprint density at radius 1 is 1.56 bits per heavy atom. The molecule has 16 heavy (non-hydrogen) atoms. The van der Waals surface area contributed by atoms with Gasteiger partial charge in [0.15, 0.2) is 6.10 Å². The molecule has 0 radical (unpaired) electrons. The van der Waals surface area contributed by atoms with E-state index in [9.17, 15) is 18.0 Å². The van der Waals surface area contributed by atoms with Crippen molar-refractivity contribution < 1.29 is 23.1 Å². The van der Waals surface area contributed by atoms with Gasteiger partial charge in [-0.05, 0) is 11.4 Å². The maximum atomic E-state index is 11.9. The average molecular weight is 253 g/mol. The molecule has 0 fully saturated rings. The van der Waals surface area contributed by atoms with Crippen molar-refractivity contribution in [3.63, 3.8) is 0 Å². The van der Waals surface area contributed by atoms with Gasteiger partial charge in [0.1, 0.15) is 0 Å². The van der Waals surface area contributed by atoms with Gasteiger partial charge in [0, 0.05) is 4.88 Å². The van der Waals surface area contributed by atoms with Crippen molar-refractivity contribution in [2.45, 2.75) is 18.7 Å². The minimum Gasteiger partial charge on any atom is -0.382 e. The molecule has 0 bridgehead atoms. The van der Waals surface area contributed by atoms with Gasteiger partial charge in [-0.15, -0.1) is 11.3 Å². The third-order valence-electron chi connectivity index (χ3n) is 1.79. The number of carbonyl (C=O) groups excluding carboxylic acids is 1. The van der Waals surface area contributed by atoms with E-state index in [0.29, 0.717) is 0 Å². The van der Waals surface area contributed by atoms with Gasteiger partial charge in [-0.3, -0.25) is 4.79 Å². The molecule has 0 aliphatic rings. The Hall–Kier alpha value is -1.08. The summed E-state index contributed by atoms with van der Waals surface area (Å²) in [4.78, 5) is 11.9. The van der Waals surface area contributed by atoms with Crippen molar-refractivity contribution in [2.75, 3.05) is 6.54 Å². The van der Waals surface area contributed by atoms with E-state index >= 15 is 0 Å². The van der Waals surface area contributed by atoms with Gasteiger partial charge in [-0.25, -0.2) is 0 Å². The molecule has 90 valence electrons. The summed E-state index contributed by atoms with van der Waals surface area (Å²) < 4.78 is 35.6. The van der Waals surface area contributed by atoms with Crippen LogP contribution in [0, 0.1) is 0 Å². The Kier molecular flexibility index (Phi) is 4.31. The number of nitrogens with one attached hydrogen (secondary N) is 1. The number of aliphatic hydroxyl groups excluding tert-OH is 1. The lowest BCUT2D eigenvalue weighted by molar-refractivity contribution is -0.201. The van der Waals surface area contributed by atoms with Crippen LogP contribution in [0.3, 0.4) is 0 Å². The lowest BCUT2D eigenvalue weighted by Gasteiger charge is -2.14. The molecule has 7 heteroatoms. The predicted octanol–water partition coefficient (Wildman–Crippen LogP) is 1.33. The summed E-state index contributed by atoms with van der Waals surface area (Å²) in [6.07, 6.45) is -7.18. The van der Waals surface area contributed by atoms with Crippen LogP contribution in [0.25, 0.3) is 0 Å². The van der Waals surface area contributed by atoms with Crippen molar-refractivity contribution in [2.24, 2.45) is 0 Å². The van der Waals surface area contributed by atoms with E-state index in [1.165, 1.54) is 11.3 Å². The van der Waals surface area contributed by atoms with E-state index in [1.807, 2.05) is 5.32 Å². The average Bonchev–Trinajstić information content (AvgIpc) is 2.65. The molecule has 1 heterocycles. The van der Waals surface area contributed by atoms with Gasteiger partial charge >= 0.3 is 6.18 Å². The SMILES string of the molecule is O=C(Cc1cccs1)NCC(O)C(F)(F)F. The number of aliphatic hydroxyl groups is 1. The molecule has 0 spiro atoms. The molecule has 1 unspecified atom stereocenters. The maximum absolute atomic E-state index is 11.9. The van der Waals surface area contributed by atoms with Crippen molar-refractivity contribution in [1.82, 2.24) is 5.32 Å². The summed E-state index contributed by atoms with van der Waals surface area (Å²) >= 11 is 1.35. The number of hydrogen-bond acceptors (Lipinski definition) is 3. The Labute approximate surface area is 93.9 Å². The summed E-state index contributed by atoms with van der Waals surface area (Å²) in [6, 6.07) is 3.46. The molecular weight excluding hydrogens is 243 g/mol. The molecule has 0 aliphatic carbocycles. The minimum atomic E-state index is -4.70. The minimum absolute atomic E-state index is 0.0300. The van der Waals surface area contributed by atoms with Gasteiger partial charge in [-0.1, -0.05) is 6.07 Å². The predicted molar refractivity (Wildman–Crippen MR) is 53.1 cm³/mol. The van der Waals surface area contributed by atoms with E-state index in [0.717, 1.165) is 4.88 Å². The second-order valence-electron chi connectivity index (χ2n) is 3.12. The van der Waals surface area contributed by atoms with Crippen LogP contribution in [0.4, 0.5) is 13.2 Å². The molecule has 1 aromatic heterocycles. The molecule has 0 saturated heterocycles. The second kappa shape index (κ2) is 5.31. The van der Waals surface area contributed by atoms with E-state index in [4.69, 9.17) is 5.11 Å². The Morgan fingerprint density at radius 3 is 2.75 bits per heavy atom. The first-order valence-corrected chi connectivity index (χ1v) is 5.31. The van der Waals surface area contributed by atoms with Gasteiger partial charge in [0.2, 0.25) is 5.91 Å². The summed E-state index contributed by atoms with van der Waals surface area (Å²) in [5.74, 6) is -0.536. The number of thiophene rings is 1. The highest BCUT2D eigenvalue weighted by atomic mass is 32.1. The number of amides is 1. The van der Waals surface area contributed by atoms with E-state index < -0.39 is 24.7 Å². The quantitative estimate of drug-likeness (QED) is 0.850. The van der Waals surface area contributed by atoms with Crippen LogP contribution in [0.5, 0.6) is 0 Å². The fourth-order valence-corrected chi connectivity index (χ4v) is 1.66. The maximum Gasteiger partial charge on any atom is 0.416 e. The van der Waals surface area contributed by atoms with Gasteiger partial charge in [0.05, 0.1) is 13.0 Å². The molecule has 1 atom stereocenters. The number of alkyl halides is 3. The van der Waals surface area contributed by atoms with Crippen LogP contribution >= 0.6 is 11.3 Å². The van der Waals surface area contributed by atoms with Crippen molar-refractivity contribution in [3.8, 4) is 0 Å². The van der Waals surface area contributed by atoms with Crippen LogP contribution in [0.1, 0.15) is 4.88 Å². The standard InChI is InChI=1S/C9H10F3NO2S/c10-9(11,12)7(14)5-13-8(15)4-6-2-1-3-16-6/h1-3,7,14H,4-5H2,(H,13,15). The molecule has 0 aliphatic heterocycles. The summed E-state index contributed by atoms with van der Waals surface area (Å²) in [7, 11) is 0. The number of halogens is 3. The van der Waals surface area contributed by atoms with Gasteiger partial charge in [0.25, 0.3) is 0 Å². The Bertz CT molecular complexity index is 337. The molecule has 0 saturated carbocycles. The molecule has 3 nitrogen and oxygen atoms in total. The first kappa shape index (κ1) is 13.0. The van der Waals surface area contributed by atoms with Crippen LogP contribution in [-0.2, 0) is 11.2 Å². The first-order valence-electron chi connectivity index (χ1n) is 4.43. The topological polar surface area (TPSA) is 49.3 Å². The lowest BCUT2D eigenvalue weighted by Crippen LogP contribution is -2.41. The lowest BCUT2D eigenvalue weighted by atomic mass is 10.3. The first-order chi connectivity index (χ1) is 7.39. The Morgan fingerprint density at radius 2 is 2.25 bits per heavy atom. The Balaban J connectivity index is 2.31. The normalized spacial score (nSPS) is 13.5. The van der Waals surface area contributed by atoms with Crippen molar-refractivity contribution in [3.05, 3.63) is 22.4 Å². The molecule has 1 amide bonds. The highest BCUT2D eigenvalue weighted by Crippen LogP contribution is 2.19. The molecule has 0 aromatic carbocycles. The fraction of sp³-hybridized carbons (Fsp3) is 0.444. The van der Waals surface area contributed by atoms with Gasteiger partial charge in [-0.2, -0.15) is 13.2 Å². The van der Waals surface area contributed by atoms with Crippen LogP contribution in [0.15, 0.2) is 17.5 Å². The smallest absolute Gasteiger partial charge is 0.382 e. The van der Waals surface area contributed by atoms with E-state index in [-0.39, 0.29) is 6.42 Å². The van der Waals surface area contributed by atoms with Crippen LogP contribution in [0.2, 0.25) is 0 Å². The largest absolute Gasteiger partial charge is 0.416 e. The summed E-state index contributed by atoms with van der Waals surface area (Å²) in [6.45, 7) is -0.812.